The van der Waals surface area contributed by atoms with Gasteiger partial charge in [-0.25, -0.2) is 4.99 Å². The van der Waals surface area contributed by atoms with Gasteiger partial charge in [-0.2, -0.15) is 0 Å². The van der Waals surface area contributed by atoms with Crippen molar-refractivity contribution in [2.75, 3.05) is 4.90 Å². The highest BCUT2D eigenvalue weighted by atomic mass is 16.3. The quantitative estimate of drug-likeness (QED) is 0.782. The first-order chi connectivity index (χ1) is 9.24. The van der Waals surface area contributed by atoms with Crippen LogP contribution in [0.5, 0.6) is 5.75 Å². The maximum absolute atomic E-state index is 12.3. The standard InChI is InChI=1S/C15H10N2O2/c18-10-5-6-13-11(7-10)14(19)15-16-12-4-2-1-3-9(12)8-17(13)15/h1-7,18H,8H2. The molecule has 0 spiro atoms. The van der Waals surface area contributed by atoms with E-state index < -0.39 is 0 Å². The van der Waals surface area contributed by atoms with Crippen molar-refractivity contribution in [2.45, 2.75) is 6.54 Å². The van der Waals surface area contributed by atoms with Gasteiger partial charge in [0.15, 0.2) is 5.84 Å². The number of benzene rings is 2. The molecule has 0 aromatic heterocycles. The molecule has 2 heterocycles. The molecule has 4 rings (SSSR count). The number of phenols is 1. The number of Topliss-reactive ketones (excluding diaryl/α,β-unsaturated/α-hetero) is 1. The zero-order valence-electron chi connectivity index (χ0n) is 10.00. The highest BCUT2D eigenvalue weighted by Gasteiger charge is 2.36. The van der Waals surface area contributed by atoms with Crippen molar-refractivity contribution >= 4 is 23.0 Å². The predicted molar refractivity (Wildman–Crippen MR) is 72.2 cm³/mol. The minimum atomic E-state index is -0.125. The smallest absolute Gasteiger partial charge is 0.230 e. The van der Waals surface area contributed by atoms with Gasteiger partial charge in [-0.3, -0.25) is 4.79 Å². The van der Waals surface area contributed by atoms with E-state index in [0.717, 1.165) is 16.9 Å². The number of hydrogen-bond acceptors (Lipinski definition) is 4. The molecule has 0 atom stereocenters. The molecule has 92 valence electrons. The third-order valence-electron chi connectivity index (χ3n) is 3.52. The summed E-state index contributed by atoms with van der Waals surface area (Å²) in [5.41, 5.74) is 3.28. The van der Waals surface area contributed by atoms with Crippen LogP contribution in [0.25, 0.3) is 0 Å². The van der Waals surface area contributed by atoms with E-state index in [1.165, 1.54) is 6.07 Å². The molecule has 0 bridgehead atoms. The number of rotatable bonds is 0. The second kappa shape index (κ2) is 3.45. The molecule has 2 aliphatic rings. The van der Waals surface area contributed by atoms with E-state index >= 15 is 0 Å². The van der Waals surface area contributed by atoms with Gasteiger partial charge in [0, 0.05) is 0 Å². The molecule has 0 saturated heterocycles. The second-order valence-electron chi connectivity index (χ2n) is 4.68. The number of hydrogen-bond donors (Lipinski definition) is 1. The second-order valence-corrected chi connectivity index (χ2v) is 4.68. The average Bonchev–Trinajstić information content (AvgIpc) is 2.69. The molecule has 1 N–H and O–H groups in total. The highest BCUT2D eigenvalue weighted by Crippen LogP contribution is 2.38. The Morgan fingerprint density at radius 1 is 1.16 bits per heavy atom. The fraction of sp³-hybridized carbons (Fsp3) is 0.0667. The van der Waals surface area contributed by atoms with Crippen LogP contribution in [0.15, 0.2) is 47.5 Å². The van der Waals surface area contributed by atoms with Crippen molar-refractivity contribution in [1.29, 1.82) is 0 Å². The third kappa shape index (κ3) is 1.34. The fourth-order valence-electron chi connectivity index (χ4n) is 2.61. The van der Waals surface area contributed by atoms with Gasteiger partial charge >= 0.3 is 0 Å². The third-order valence-corrected chi connectivity index (χ3v) is 3.52. The van der Waals surface area contributed by atoms with Crippen molar-refractivity contribution in [2.24, 2.45) is 4.99 Å². The number of fused-ring (bicyclic) bond motifs is 4. The minimum absolute atomic E-state index is 0.102. The monoisotopic (exact) mass is 250 g/mol. The van der Waals surface area contributed by atoms with Crippen molar-refractivity contribution in [3.8, 4) is 5.75 Å². The molecular weight excluding hydrogens is 240 g/mol. The molecule has 0 saturated carbocycles. The lowest BCUT2D eigenvalue weighted by Crippen LogP contribution is -2.31. The van der Waals surface area contributed by atoms with Gasteiger partial charge in [0.1, 0.15) is 5.75 Å². The summed E-state index contributed by atoms with van der Waals surface area (Å²) in [4.78, 5) is 18.7. The lowest BCUT2D eigenvalue weighted by molar-refractivity contribution is 0.106. The first kappa shape index (κ1) is 10.3. The molecule has 0 radical (unpaired) electrons. The molecule has 2 aliphatic heterocycles. The Morgan fingerprint density at radius 3 is 2.89 bits per heavy atom. The van der Waals surface area contributed by atoms with Gasteiger partial charge in [0.05, 0.1) is 23.5 Å². The Labute approximate surface area is 109 Å². The zero-order valence-corrected chi connectivity index (χ0v) is 10.00. The molecule has 2 aromatic rings. The summed E-state index contributed by atoms with van der Waals surface area (Å²) < 4.78 is 0. The summed E-state index contributed by atoms with van der Waals surface area (Å²) in [6, 6.07) is 12.7. The molecule has 0 aliphatic carbocycles. The number of para-hydroxylation sites is 1. The number of anilines is 1. The Balaban J connectivity index is 1.93. The molecule has 0 unspecified atom stereocenters. The number of amidine groups is 1. The number of aliphatic imine (C=N–C) groups is 1. The number of carbonyl (C=O) groups excluding carboxylic acids is 1. The fourth-order valence-corrected chi connectivity index (χ4v) is 2.61. The van der Waals surface area contributed by atoms with Crippen molar-refractivity contribution in [1.82, 2.24) is 0 Å². The van der Waals surface area contributed by atoms with Crippen LogP contribution in [0.1, 0.15) is 15.9 Å². The average molecular weight is 250 g/mol. The summed E-state index contributed by atoms with van der Waals surface area (Å²) in [7, 11) is 0. The van der Waals surface area contributed by atoms with E-state index in [9.17, 15) is 9.90 Å². The maximum Gasteiger partial charge on any atom is 0.230 e. The Bertz CT molecular complexity index is 750. The van der Waals surface area contributed by atoms with Crippen LogP contribution in [0.4, 0.5) is 11.4 Å². The van der Waals surface area contributed by atoms with Crippen LogP contribution in [0, 0.1) is 0 Å². The lowest BCUT2D eigenvalue weighted by atomic mass is 10.1. The Kier molecular flexibility index (Phi) is 1.87. The van der Waals surface area contributed by atoms with Crippen LogP contribution in [0.2, 0.25) is 0 Å². The molecule has 0 fully saturated rings. The Morgan fingerprint density at radius 2 is 2.00 bits per heavy atom. The van der Waals surface area contributed by atoms with Gasteiger partial charge in [0.2, 0.25) is 5.78 Å². The van der Waals surface area contributed by atoms with E-state index in [0.29, 0.717) is 17.9 Å². The van der Waals surface area contributed by atoms with Gasteiger partial charge < -0.3 is 10.0 Å². The summed E-state index contributed by atoms with van der Waals surface area (Å²) in [6.07, 6.45) is 0. The van der Waals surface area contributed by atoms with Crippen molar-refractivity contribution in [3.05, 3.63) is 53.6 Å². The van der Waals surface area contributed by atoms with Gasteiger partial charge in [-0.1, -0.05) is 18.2 Å². The molecule has 4 nitrogen and oxygen atoms in total. The molecular formula is C15H10N2O2. The van der Waals surface area contributed by atoms with E-state index in [1.54, 1.807) is 12.1 Å². The highest BCUT2D eigenvalue weighted by molar-refractivity contribution is 6.55. The molecule has 19 heavy (non-hydrogen) atoms. The summed E-state index contributed by atoms with van der Waals surface area (Å²) in [6.45, 7) is 0.637. The number of aromatic hydroxyl groups is 1. The van der Waals surface area contributed by atoms with Crippen LogP contribution in [0.3, 0.4) is 0 Å². The largest absolute Gasteiger partial charge is 0.508 e. The number of phenolic OH excluding ortho intramolecular Hbond substituents is 1. The van der Waals surface area contributed by atoms with Crippen LogP contribution >= 0.6 is 0 Å². The molecule has 2 aromatic carbocycles. The van der Waals surface area contributed by atoms with Gasteiger partial charge in [-0.05, 0) is 29.8 Å². The van der Waals surface area contributed by atoms with Gasteiger partial charge in [0.25, 0.3) is 0 Å². The number of carbonyl (C=O) groups is 1. The topological polar surface area (TPSA) is 52.9 Å². The van der Waals surface area contributed by atoms with E-state index in [-0.39, 0.29) is 11.5 Å². The normalized spacial score (nSPS) is 15.7. The number of nitrogens with zero attached hydrogens (tertiary/aromatic N) is 2. The minimum Gasteiger partial charge on any atom is -0.508 e. The zero-order chi connectivity index (χ0) is 13.0. The first-order valence-corrected chi connectivity index (χ1v) is 6.06. The van der Waals surface area contributed by atoms with E-state index in [1.807, 2.05) is 29.2 Å². The van der Waals surface area contributed by atoms with E-state index in [2.05, 4.69) is 4.99 Å². The molecule has 0 amide bonds. The predicted octanol–water partition coefficient (Wildman–Crippen LogP) is 2.64. The maximum atomic E-state index is 12.3. The van der Waals surface area contributed by atoms with Gasteiger partial charge in [-0.15, -0.1) is 0 Å². The van der Waals surface area contributed by atoms with Crippen molar-refractivity contribution < 1.29 is 9.90 Å². The van der Waals surface area contributed by atoms with Crippen LogP contribution in [-0.2, 0) is 6.54 Å². The molecule has 4 heteroatoms. The summed E-state index contributed by atoms with van der Waals surface area (Å²) in [5, 5.41) is 9.51. The van der Waals surface area contributed by atoms with Crippen LogP contribution in [-0.4, -0.2) is 16.7 Å². The lowest BCUT2D eigenvalue weighted by Gasteiger charge is -2.24. The summed E-state index contributed by atoms with van der Waals surface area (Å²) >= 11 is 0. The van der Waals surface area contributed by atoms with E-state index in [4.69, 9.17) is 0 Å². The first-order valence-electron chi connectivity index (χ1n) is 6.06. The number of ketones is 1. The van der Waals surface area contributed by atoms with Crippen LogP contribution < -0.4 is 4.90 Å². The SMILES string of the molecule is O=C1C2=Nc3ccccc3CN2c2ccc(O)cc21. The van der Waals surface area contributed by atoms with Crippen molar-refractivity contribution in [3.63, 3.8) is 0 Å². The summed E-state index contributed by atoms with van der Waals surface area (Å²) in [5.74, 6) is 0.421. The Hall–Kier alpha value is -2.62.